The smallest absolute Gasteiger partial charge is 0.338 e. The summed E-state index contributed by atoms with van der Waals surface area (Å²) < 4.78 is 16.9. The van der Waals surface area contributed by atoms with Crippen LogP contribution in [0.15, 0.2) is 94.7 Å². The van der Waals surface area contributed by atoms with Crippen LogP contribution in [0.5, 0.6) is 11.5 Å². The number of rotatable bonds is 10. The Kier molecular flexibility index (Phi) is 8.69. The van der Waals surface area contributed by atoms with E-state index in [0.717, 1.165) is 11.1 Å². The number of ether oxygens (including phenoxy) is 3. The van der Waals surface area contributed by atoms with Gasteiger partial charge in [0.1, 0.15) is 11.5 Å². The average Bonchev–Trinajstić information content (AvgIpc) is 3.41. The van der Waals surface area contributed by atoms with Gasteiger partial charge in [0.05, 0.1) is 44.6 Å². The number of carbonyl (C=O) groups is 2. The standard InChI is InChI=1S/C31H30N4O5S/c1-4-40-30(37)27-28(21-10-6-5-7-11-21)34-31-35(29(27)24-16-23(38-2)12-13-25(24)39-3)22(19-41-31)15-26(36)33-18-20-9-8-14-32-17-20/h5-14,16-17,19,29H,4,15,18H2,1-3H3,(H,33,36)/t29-/m0/s1. The second kappa shape index (κ2) is 12.7. The molecule has 1 N–H and O–H groups in total. The van der Waals surface area contributed by atoms with Gasteiger partial charge in [0.15, 0.2) is 5.17 Å². The molecule has 1 aromatic heterocycles. The lowest BCUT2D eigenvalue weighted by Crippen LogP contribution is -2.38. The summed E-state index contributed by atoms with van der Waals surface area (Å²) in [6.45, 7) is 2.31. The molecule has 2 aliphatic rings. The number of benzene rings is 2. The molecule has 1 amide bonds. The van der Waals surface area contributed by atoms with Gasteiger partial charge >= 0.3 is 5.97 Å². The van der Waals surface area contributed by atoms with Crippen LogP contribution in [-0.4, -0.2) is 47.8 Å². The number of hydrogen-bond acceptors (Lipinski definition) is 9. The van der Waals surface area contributed by atoms with Crippen LogP contribution >= 0.6 is 11.8 Å². The van der Waals surface area contributed by atoms with Crippen LogP contribution in [0.2, 0.25) is 0 Å². The predicted octanol–water partition coefficient (Wildman–Crippen LogP) is 5.08. The first-order valence-electron chi connectivity index (χ1n) is 13.1. The van der Waals surface area contributed by atoms with Crippen LogP contribution < -0.4 is 14.8 Å². The topological polar surface area (TPSA) is 102 Å². The minimum absolute atomic E-state index is 0.0752. The summed E-state index contributed by atoms with van der Waals surface area (Å²) in [6, 6.07) is 18.0. The van der Waals surface area contributed by atoms with Crippen molar-refractivity contribution in [1.82, 2.24) is 15.2 Å². The Bertz CT molecular complexity index is 1520. The van der Waals surface area contributed by atoms with E-state index in [9.17, 15) is 9.59 Å². The van der Waals surface area contributed by atoms with E-state index in [4.69, 9.17) is 19.2 Å². The number of carbonyl (C=O) groups excluding carboxylic acids is 2. The molecule has 210 valence electrons. The molecule has 0 radical (unpaired) electrons. The van der Waals surface area contributed by atoms with Gasteiger partial charge in [-0.05, 0) is 42.2 Å². The number of fused-ring (bicyclic) bond motifs is 1. The number of aliphatic imine (C=N–C) groups is 1. The summed E-state index contributed by atoms with van der Waals surface area (Å²) in [4.78, 5) is 37.8. The molecule has 5 rings (SSSR count). The highest BCUT2D eigenvalue weighted by atomic mass is 32.2. The Labute approximate surface area is 242 Å². The van der Waals surface area contributed by atoms with Crippen molar-refractivity contribution in [3.8, 4) is 11.5 Å². The zero-order valence-corrected chi connectivity index (χ0v) is 23.8. The largest absolute Gasteiger partial charge is 0.497 e. The first-order valence-corrected chi connectivity index (χ1v) is 14.0. The number of methoxy groups -OCH3 is 2. The lowest BCUT2D eigenvalue weighted by molar-refractivity contribution is -0.139. The highest BCUT2D eigenvalue weighted by molar-refractivity contribution is 8.16. The number of nitrogens with one attached hydrogen (secondary N) is 1. The fraction of sp³-hybridized carbons (Fsp3) is 0.226. The first kappa shape index (κ1) is 28.0. The quantitative estimate of drug-likeness (QED) is 0.337. The van der Waals surface area contributed by atoms with Gasteiger partial charge in [0.25, 0.3) is 0 Å². The molecule has 0 fully saturated rings. The molecule has 3 aromatic rings. The molecular formula is C31H30N4O5S. The van der Waals surface area contributed by atoms with E-state index in [-0.39, 0.29) is 18.9 Å². The van der Waals surface area contributed by atoms with Gasteiger partial charge in [-0.15, -0.1) is 0 Å². The molecule has 10 heteroatoms. The van der Waals surface area contributed by atoms with Gasteiger partial charge in [-0.3, -0.25) is 9.78 Å². The molecule has 2 aromatic carbocycles. The SMILES string of the molecule is CCOC(=O)C1=C(c2ccccc2)N=C2SC=C(CC(=O)NCc3cccnc3)N2[C@H]1c1cc(OC)ccc1OC. The number of amidine groups is 1. The van der Waals surface area contributed by atoms with Gasteiger partial charge in [0, 0.05) is 35.8 Å². The monoisotopic (exact) mass is 570 g/mol. The van der Waals surface area contributed by atoms with Crippen molar-refractivity contribution in [1.29, 1.82) is 0 Å². The lowest BCUT2D eigenvalue weighted by atomic mass is 9.90. The Balaban J connectivity index is 1.59. The molecule has 0 spiro atoms. The average molecular weight is 571 g/mol. The van der Waals surface area contributed by atoms with E-state index in [1.54, 1.807) is 45.7 Å². The van der Waals surface area contributed by atoms with Gasteiger partial charge in [0.2, 0.25) is 5.91 Å². The highest BCUT2D eigenvalue weighted by Gasteiger charge is 2.43. The van der Waals surface area contributed by atoms with Crippen molar-refractivity contribution in [2.45, 2.75) is 25.9 Å². The molecule has 1 atom stereocenters. The van der Waals surface area contributed by atoms with Crippen LogP contribution in [0.3, 0.4) is 0 Å². The third-order valence-corrected chi connectivity index (χ3v) is 7.53. The summed E-state index contributed by atoms with van der Waals surface area (Å²) in [6.07, 6.45) is 3.48. The number of hydrogen-bond donors (Lipinski definition) is 1. The molecule has 3 heterocycles. The number of nitrogens with zero attached hydrogens (tertiary/aromatic N) is 3. The van der Waals surface area contributed by atoms with Gasteiger partial charge in [-0.25, -0.2) is 9.79 Å². The molecule has 9 nitrogen and oxygen atoms in total. The summed E-state index contributed by atoms with van der Waals surface area (Å²) >= 11 is 1.40. The minimum Gasteiger partial charge on any atom is -0.497 e. The van der Waals surface area contributed by atoms with Crippen LogP contribution in [-0.2, 0) is 20.9 Å². The third-order valence-electron chi connectivity index (χ3n) is 6.64. The Morgan fingerprint density at radius 2 is 1.88 bits per heavy atom. The second-order valence-corrected chi connectivity index (χ2v) is 10.0. The highest BCUT2D eigenvalue weighted by Crippen LogP contribution is 2.49. The van der Waals surface area contributed by atoms with E-state index in [1.807, 2.05) is 58.8 Å². The van der Waals surface area contributed by atoms with Crippen LogP contribution in [0.1, 0.15) is 36.1 Å². The third kappa shape index (κ3) is 5.97. The van der Waals surface area contributed by atoms with Crippen LogP contribution in [0.4, 0.5) is 0 Å². The number of aromatic nitrogens is 1. The molecule has 2 aliphatic heterocycles. The second-order valence-electron chi connectivity index (χ2n) is 9.17. The van der Waals surface area contributed by atoms with Crippen molar-refractivity contribution in [2.24, 2.45) is 4.99 Å². The van der Waals surface area contributed by atoms with Crippen LogP contribution in [0, 0.1) is 0 Å². The molecular weight excluding hydrogens is 540 g/mol. The zero-order chi connectivity index (χ0) is 28.8. The van der Waals surface area contributed by atoms with Gasteiger partial charge in [-0.1, -0.05) is 48.2 Å². The molecule has 0 aliphatic carbocycles. The molecule has 0 saturated heterocycles. The molecule has 41 heavy (non-hydrogen) atoms. The maximum absolute atomic E-state index is 13.7. The van der Waals surface area contributed by atoms with Crippen molar-refractivity contribution in [2.75, 3.05) is 20.8 Å². The minimum atomic E-state index is -0.700. The van der Waals surface area contributed by atoms with Crippen molar-refractivity contribution < 1.29 is 23.8 Å². The number of thioether (sulfide) groups is 1. The van der Waals surface area contributed by atoms with E-state index >= 15 is 0 Å². The Morgan fingerprint density at radius 3 is 2.59 bits per heavy atom. The fourth-order valence-corrected chi connectivity index (χ4v) is 5.68. The summed E-state index contributed by atoms with van der Waals surface area (Å²) in [5.41, 5.74) is 3.90. The summed E-state index contributed by atoms with van der Waals surface area (Å²) in [5.74, 6) is 0.486. The maximum Gasteiger partial charge on any atom is 0.338 e. The van der Waals surface area contributed by atoms with Crippen LogP contribution in [0.25, 0.3) is 5.70 Å². The molecule has 0 saturated carbocycles. The van der Waals surface area contributed by atoms with Gasteiger partial charge < -0.3 is 24.4 Å². The Morgan fingerprint density at radius 1 is 1.05 bits per heavy atom. The normalized spacial score (nSPS) is 16.0. The molecule has 0 bridgehead atoms. The maximum atomic E-state index is 13.7. The van der Waals surface area contributed by atoms with Gasteiger partial charge in [-0.2, -0.15) is 0 Å². The number of pyridine rings is 1. The van der Waals surface area contributed by atoms with Crippen molar-refractivity contribution in [3.63, 3.8) is 0 Å². The van der Waals surface area contributed by atoms with E-state index < -0.39 is 12.0 Å². The lowest BCUT2D eigenvalue weighted by Gasteiger charge is -2.37. The number of esters is 1. The predicted molar refractivity (Wildman–Crippen MR) is 158 cm³/mol. The number of amides is 1. The zero-order valence-electron chi connectivity index (χ0n) is 23.0. The van der Waals surface area contributed by atoms with Crippen molar-refractivity contribution in [3.05, 3.63) is 106 Å². The van der Waals surface area contributed by atoms with Crippen molar-refractivity contribution >= 4 is 34.5 Å². The summed E-state index contributed by atoms with van der Waals surface area (Å²) in [7, 11) is 3.16. The van der Waals surface area contributed by atoms with E-state index in [2.05, 4.69) is 10.3 Å². The molecule has 0 unspecified atom stereocenters. The fourth-order valence-electron chi connectivity index (χ4n) is 4.77. The first-order chi connectivity index (χ1) is 20.0. The van der Waals surface area contributed by atoms with E-state index in [1.165, 1.54) is 11.8 Å². The summed E-state index contributed by atoms with van der Waals surface area (Å²) in [5, 5.41) is 5.50. The van der Waals surface area contributed by atoms with E-state index in [0.29, 0.717) is 45.7 Å². The Hall–Kier alpha value is -4.57.